The molecule has 0 aliphatic heterocycles. The Morgan fingerprint density at radius 1 is 1.18 bits per heavy atom. The molecule has 1 aromatic carbocycles. The number of aromatic nitrogens is 1. The number of halogens is 3. The van der Waals surface area contributed by atoms with Crippen molar-refractivity contribution in [3.63, 3.8) is 0 Å². The third kappa shape index (κ3) is 3.97. The molecule has 2 rings (SSSR count). The van der Waals surface area contributed by atoms with Crippen molar-refractivity contribution in [2.24, 2.45) is 0 Å². The predicted octanol–water partition coefficient (Wildman–Crippen LogP) is 3.62. The molecular formula is C15H14F3N3O. The zero-order valence-electron chi connectivity index (χ0n) is 11.7. The molecule has 2 aromatic rings. The van der Waals surface area contributed by atoms with E-state index < -0.39 is 11.7 Å². The Labute approximate surface area is 125 Å². The molecule has 0 fully saturated rings. The Bertz CT molecular complexity index is 657. The summed E-state index contributed by atoms with van der Waals surface area (Å²) < 4.78 is 39.0. The molecule has 0 saturated heterocycles. The lowest BCUT2D eigenvalue weighted by atomic mass is 10.1. The molecule has 7 heteroatoms. The van der Waals surface area contributed by atoms with Crippen LogP contribution in [-0.2, 0) is 11.0 Å². The summed E-state index contributed by atoms with van der Waals surface area (Å²) in [4.78, 5) is 15.3. The van der Waals surface area contributed by atoms with E-state index in [-0.39, 0.29) is 23.8 Å². The number of pyridine rings is 1. The monoisotopic (exact) mass is 309 g/mol. The second-order valence-electron chi connectivity index (χ2n) is 4.52. The Balaban J connectivity index is 2.39. The van der Waals surface area contributed by atoms with Gasteiger partial charge in [-0.1, -0.05) is 37.3 Å². The van der Waals surface area contributed by atoms with Crippen LogP contribution in [0.4, 0.5) is 19.0 Å². The van der Waals surface area contributed by atoms with Gasteiger partial charge in [-0.05, 0) is 12.1 Å². The van der Waals surface area contributed by atoms with E-state index in [1.54, 1.807) is 37.3 Å². The summed E-state index contributed by atoms with van der Waals surface area (Å²) >= 11 is 0. The molecule has 22 heavy (non-hydrogen) atoms. The summed E-state index contributed by atoms with van der Waals surface area (Å²) in [7, 11) is 0. The standard InChI is InChI=1S/C15H14F3N3O/c1-2-14(22)21-20-13-9-11(15(16,17)18)8-12(19-13)10-6-4-3-5-7-10/h3-9H,2H2,1H3,(H,19,20)(H,21,22). The maximum Gasteiger partial charge on any atom is 0.416 e. The van der Waals surface area contributed by atoms with Crippen LogP contribution in [0.25, 0.3) is 11.3 Å². The molecule has 4 nitrogen and oxygen atoms in total. The van der Waals surface area contributed by atoms with Gasteiger partial charge in [-0.2, -0.15) is 13.2 Å². The quantitative estimate of drug-likeness (QED) is 0.848. The van der Waals surface area contributed by atoms with E-state index in [0.29, 0.717) is 5.56 Å². The fourth-order valence-corrected chi connectivity index (χ4v) is 1.74. The van der Waals surface area contributed by atoms with Crippen molar-refractivity contribution >= 4 is 11.7 Å². The van der Waals surface area contributed by atoms with Gasteiger partial charge >= 0.3 is 6.18 Å². The molecule has 0 unspecified atom stereocenters. The minimum absolute atomic E-state index is 0.0736. The highest BCUT2D eigenvalue weighted by molar-refractivity contribution is 5.77. The first-order valence-electron chi connectivity index (χ1n) is 6.59. The fourth-order valence-electron chi connectivity index (χ4n) is 1.74. The van der Waals surface area contributed by atoms with Gasteiger partial charge in [-0.25, -0.2) is 4.98 Å². The van der Waals surface area contributed by atoms with Crippen LogP contribution in [0.3, 0.4) is 0 Å². The number of nitrogens with one attached hydrogen (secondary N) is 2. The van der Waals surface area contributed by atoms with Gasteiger partial charge in [0, 0.05) is 12.0 Å². The molecule has 0 spiro atoms. The van der Waals surface area contributed by atoms with Crippen molar-refractivity contribution in [1.29, 1.82) is 0 Å². The van der Waals surface area contributed by atoms with E-state index in [9.17, 15) is 18.0 Å². The maximum atomic E-state index is 13.0. The van der Waals surface area contributed by atoms with Crippen molar-refractivity contribution in [2.75, 3.05) is 5.43 Å². The molecule has 116 valence electrons. The first-order valence-corrected chi connectivity index (χ1v) is 6.59. The van der Waals surface area contributed by atoms with Crippen LogP contribution in [0.2, 0.25) is 0 Å². The number of hydrogen-bond donors (Lipinski definition) is 2. The molecule has 1 heterocycles. The lowest BCUT2D eigenvalue weighted by molar-refractivity contribution is -0.137. The lowest BCUT2D eigenvalue weighted by Gasteiger charge is -2.13. The van der Waals surface area contributed by atoms with Crippen molar-refractivity contribution < 1.29 is 18.0 Å². The van der Waals surface area contributed by atoms with Crippen LogP contribution < -0.4 is 10.9 Å². The van der Waals surface area contributed by atoms with Crippen molar-refractivity contribution in [1.82, 2.24) is 10.4 Å². The number of benzene rings is 1. The summed E-state index contributed by atoms with van der Waals surface area (Å²) in [6.07, 6.45) is -4.30. The van der Waals surface area contributed by atoms with Gasteiger partial charge in [0.2, 0.25) is 5.91 Å². The van der Waals surface area contributed by atoms with Crippen LogP contribution in [0.5, 0.6) is 0 Å². The minimum Gasteiger partial charge on any atom is -0.282 e. The number of hydrazine groups is 1. The molecule has 0 radical (unpaired) electrons. The molecule has 0 saturated carbocycles. The number of carbonyl (C=O) groups excluding carboxylic acids is 1. The number of rotatable bonds is 4. The summed E-state index contributed by atoms with van der Waals surface area (Å²) in [5.74, 6) is -0.420. The smallest absolute Gasteiger partial charge is 0.282 e. The molecule has 0 atom stereocenters. The highest BCUT2D eigenvalue weighted by Gasteiger charge is 2.31. The molecule has 1 amide bonds. The SMILES string of the molecule is CCC(=O)NNc1cc(C(F)(F)F)cc(-c2ccccc2)n1. The van der Waals surface area contributed by atoms with E-state index in [0.717, 1.165) is 12.1 Å². The summed E-state index contributed by atoms with van der Waals surface area (Å²) in [6.45, 7) is 1.63. The van der Waals surface area contributed by atoms with Gasteiger partial charge in [-0.3, -0.25) is 15.6 Å². The third-order valence-electron chi connectivity index (χ3n) is 2.87. The normalized spacial score (nSPS) is 11.1. The topological polar surface area (TPSA) is 54.0 Å². The zero-order chi connectivity index (χ0) is 16.2. The Morgan fingerprint density at radius 2 is 1.86 bits per heavy atom. The van der Waals surface area contributed by atoms with E-state index in [1.807, 2.05) is 0 Å². The Morgan fingerprint density at radius 3 is 2.45 bits per heavy atom. The molecule has 0 aliphatic carbocycles. The Hall–Kier alpha value is -2.57. The summed E-state index contributed by atoms with van der Waals surface area (Å²) in [5.41, 5.74) is 4.58. The van der Waals surface area contributed by atoms with Gasteiger partial charge < -0.3 is 0 Å². The van der Waals surface area contributed by atoms with Crippen LogP contribution >= 0.6 is 0 Å². The third-order valence-corrected chi connectivity index (χ3v) is 2.87. The molecule has 0 bridgehead atoms. The number of alkyl halides is 3. The predicted molar refractivity (Wildman–Crippen MR) is 76.7 cm³/mol. The highest BCUT2D eigenvalue weighted by atomic mass is 19.4. The summed E-state index contributed by atoms with van der Waals surface area (Å²) in [5, 5.41) is 0. The van der Waals surface area contributed by atoms with Gasteiger partial charge in [-0.15, -0.1) is 0 Å². The lowest BCUT2D eigenvalue weighted by Crippen LogP contribution is -2.29. The van der Waals surface area contributed by atoms with Crippen LogP contribution in [0, 0.1) is 0 Å². The fraction of sp³-hybridized carbons (Fsp3) is 0.200. The van der Waals surface area contributed by atoms with Crippen LogP contribution in [0.1, 0.15) is 18.9 Å². The molecule has 1 aromatic heterocycles. The molecular weight excluding hydrogens is 295 g/mol. The van der Waals surface area contributed by atoms with Crippen molar-refractivity contribution in [2.45, 2.75) is 19.5 Å². The van der Waals surface area contributed by atoms with Crippen LogP contribution in [-0.4, -0.2) is 10.9 Å². The summed E-state index contributed by atoms with van der Waals surface area (Å²) in [6, 6.07) is 10.3. The number of nitrogens with zero attached hydrogens (tertiary/aromatic N) is 1. The largest absolute Gasteiger partial charge is 0.416 e. The number of amides is 1. The van der Waals surface area contributed by atoms with Gasteiger partial charge in [0.25, 0.3) is 0 Å². The van der Waals surface area contributed by atoms with E-state index in [1.165, 1.54) is 0 Å². The Kier molecular flexibility index (Phi) is 4.65. The first-order chi connectivity index (χ1) is 10.4. The minimum atomic E-state index is -4.50. The van der Waals surface area contributed by atoms with Gasteiger partial charge in [0.05, 0.1) is 11.3 Å². The maximum absolute atomic E-state index is 13.0. The van der Waals surface area contributed by atoms with Crippen molar-refractivity contribution in [3.05, 3.63) is 48.0 Å². The average Bonchev–Trinajstić information content (AvgIpc) is 2.52. The molecule has 0 aliphatic rings. The average molecular weight is 309 g/mol. The van der Waals surface area contributed by atoms with E-state index in [2.05, 4.69) is 15.8 Å². The zero-order valence-corrected chi connectivity index (χ0v) is 11.7. The number of hydrogen-bond acceptors (Lipinski definition) is 3. The molecule has 2 N–H and O–H groups in total. The van der Waals surface area contributed by atoms with E-state index in [4.69, 9.17) is 0 Å². The second kappa shape index (κ2) is 6.46. The highest BCUT2D eigenvalue weighted by Crippen LogP contribution is 2.33. The van der Waals surface area contributed by atoms with Crippen molar-refractivity contribution in [3.8, 4) is 11.3 Å². The van der Waals surface area contributed by atoms with E-state index >= 15 is 0 Å². The van der Waals surface area contributed by atoms with Gasteiger partial charge in [0.15, 0.2) is 0 Å². The second-order valence-corrected chi connectivity index (χ2v) is 4.52. The first kappa shape index (κ1) is 15.8. The number of anilines is 1. The number of carbonyl (C=O) groups is 1. The van der Waals surface area contributed by atoms with Gasteiger partial charge in [0.1, 0.15) is 5.82 Å². The van der Waals surface area contributed by atoms with Crippen LogP contribution in [0.15, 0.2) is 42.5 Å².